The van der Waals surface area contributed by atoms with Crippen LogP contribution in [0.25, 0.3) is 22.5 Å². The molecule has 0 saturated heterocycles. The first-order valence-electron chi connectivity index (χ1n) is 8.86. The SMILES string of the molecule is Cc1noc(-c2ccc(-c3ccc(CC(=O)NCCS(=O)(=O)O)cc3)cc2)c1N. The second-order valence-corrected chi connectivity index (χ2v) is 8.17. The highest BCUT2D eigenvalue weighted by Crippen LogP contribution is 2.30. The van der Waals surface area contributed by atoms with Gasteiger partial charge >= 0.3 is 0 Å². The summed E-state index contributed by atoms with van der Waals surface area (Å²) >= 11 is 0. The van der Waals surface area contributed by atoms with Gasteiger partial charge < -0.3 is 15.6 Å². The summed E-state index contributed by atoms with van der Waals surface area (Å²) in [6.45, 7) is 1.66. The first-order valence-corrected chi connectivity index (χ1v) is 10.5. The highest BCUT2D eigenvalue weighted by atomic mass is 32.2. The van der Waals surface area contributed by atoms with E-state index in [0.29, 0.717) is 17.1 Å². The fourth-order valence-electron chi connectivity index (χ4n) is 2.78. The summed E-state index contributed by atoms with van der Waals surface area (Å²) in [5.41, 5.74) is 10.7. The lowest BCUT2D eigenvalue weighted by Crippen LogP contribution is -2.30. The van der Waals surface area contributed by atoms with E-state index in [0.717, 1.165) is 22.3 Å². The summed E-state index contributed by atoms with van der Waals surface area (Å²) in [5, 5.41) is 6.32. The Morgan fingerprint density at radius 2 is 1.62 bits per heavy atom. The number of aryl methyl sites for hydroxylation is 1. The number of aromatic nitrogens is 1. The van der Waals surface area contributed by atoms with E-state index < -0.39 is 15.9 Å². The molecule has 2 aromatic carbocycles. The molecule has 1 amide bonds. The molecule has 0 fully saturated rings. The van der Waals surface area contributed by atoms with Crippen molar-refractivity contribution in [3.63, 3.8) is 0 Å². The van der Waals surface area contributed by atoms with E-state index in [1.54, 1.807) is 6.92 Å². The molecule has 0 saturated carbocycles. The van der Waals surface area contributed by atoms with Crippen molar-refractivity contribution in [2.45, 2.75) is 13.3 Å². The molecule has 8 nitrogen and oxygen atoms in total. The third kappa shape index (κ3) is 5.43. The lowest BCUT2D eigenvalue weighted by Gasteiger charge is -2.07. The van der Waals surface area contributed by atoms with Crippen molar-refractivity contribution < 1.29 is 22.3 Å². The quantitative estimate of drug-likeness (QED) is 0.504. The lowest BCUT2D eigenvalue weighted by molar-refractivity contribution is -0.120. The molecule has 152 valence electrons. The van der Waals surface area contributed by atoms with E-state index >= 15 is 0 Å². The van der Waals surface area contributed by atoms with Gasteiger partial charge in [-0.2, -0.15) is 8.42 Å². The molecule has 0 aliphatic rings. The Labute approximate surface area is 168 Å². The number of carbonyl (C=O) groups is 1. The number of benzene rings is 2. The van der Waals surface area contributed by atoms with Gasteiger partial charge in [-0.05, 0) is 23.6 Å². The zero-order valence-corrected chi connectivity index (χ0v) is 16.6. The van der Waals surface area contributed by atoms with Crippen molar-refractivity contribution >= 4 is 21.7 Å². The number of amides is 1. The smallest absolute Gasteiger partial charge is 0.266 e. The Hall–Kier alpha value is -3.17. The van der Waals surface area contributed by atoms with Crippen molar-refractivity contribution in [1.82, 2.24) is 10.5 Å². The maximum Gasteiger partial charge on any atom is 0.266 e. The van der Waals surface area contributed by atoms with Crippen LogP contribution < -0.4 is 11.1 Å². The molecule has 4 N–H and O–H groups in total. The molecule has 0 atom stereocenters. The largest absolute Gasteiger partial charge is 0.394 e. The number of hydrogen-bond donors (Lipinski definition) is 3. The number of nitrogens with two attached hydrogens (primary N) is 1. The van der Waals surface area contributed by atoms with E-state index in [9.17, 15) is 13.2 Å². The van der Waals surface area contributed by atoms with E-state index in [2.05, 4.69) is 10.5 Å². The van der Waals surface area contributed by atoms with Gasteiger partial charge in [0, 0.05) is 12.1 Å². The third-order valence-electron chi connectivity index (χ3n) is 4.39. The zero-order valence-electron chi connectivity index (χ0n) is 15.8. The van der Waals surface area contributed by atoms with Crippen LogP contribution in [0.2, 0.25) is 0 Å². The van der Waals surface area contributed by atoms with Gasteiger partial charge in [0.15, 0.2) is 5.76 Å². The molecule has 1 heterocycles. The Bertz CT molecular complexity index is 1100. The van der Waals surface area contributed by atoms with Crippen LogP contribution in [0.4, 0.5) is 5.69 Å². The number of anilines is 1. The Morgan fingerprint density at radius 1 is 1.07 bits per heavy atom. The van der Waals surface area contributed by atoms with Gasteiger partial charge in [0.2, 0.25) is 5.91 Å². The summed E-state index contributed by atoms with van der Waals surface area (Å²) in [7, 11) is -4.08. The van der Waals surface area contributed by atoms with Crippen molar-refractivity contribution in [3.05, 3.63) is 59.8 Å². The Kier molecular flexibility index (Phi) is 6.00. The minimum atomic E-state index is -4.08. The molecule has 0 spiro atoms. The third-order valence-corrected chi connectivity index (χ3v) is 5.11. The number of hydrogen-bond acceptors (Lipinski definition) is 6. The predicted octanol–water partition coefficient (Wildman–Crippen LogP) is 2.45. The van der Waals surface area contributed by atoms with Crippen LogP contribution >= 0.6 is 0 Å². The van der Waals surface area contributed by atoms with Gasteiger partial charge in [0.25, 0.3) is 10.1 Å². The molecule has 0 aliphatic heterocycles. The number of nitrogens with one attached hydrogen (secondary N) is 1. The van der Waals surface area contributed by atoms with Gasteiger partial charge in [0.1, 0.15) is 11.4 Å². The Morgan fingerprint density at radius 3 is 2.14 bits per heavy atom. The normalized spacial score (nSPS) is 11.4. The molecule has 1 aromatic heterocycles. The monoisotopic (exact) mass is 415 g/mol. The van der Waals surface area contributed by atoms with E-state index in [1.807, 2.05) is 48.5 Å². The van der Waals surface area contributed by atoms with Gasteiger partial charge in [-0.3, -0.25) is 9.35 Å². The maximum atomic E-state index is 11.8. The van der Waals surface area contributed by atoms with Crippen LogP contribution in [-0.4, -0.2) is 36.3 Å². The fourth-order valence-corrected chi connectivity index (χ4v) is 3.14. The van der Waals surface area contributed by atoms with Crippen LogP contribution in [0.3, 0.4) is 0 Å². The molecule has 3 aromatic rings. The van der Waals surface area contributed by atoms with Crippen molar-refractivity contribution in [3.8, 4) is 22.5 Å². The topological polar surface area (TPSA) is 136 Å². The van der Waals surface area contributed by atoms with Crippen molar-refractivity contribution in [2.75, 3.05) is 18.0 Å². The van der Waals surface area contributed by atoms with E-state index in [-0.39, 0.29) is 18.9 Å². The molecular formula is C20H21N3O5S. The predicted molar refractivity (Wildman–Crippen MR) is 110 cm³/mol. The summed E-state index contributed by atoms with van der Waals surface area (Å²) in [5.74, 6) is -0.275. The van der Waals surface area contributed by atoms with Gasteiger partial charge in [-0.25, -0.2) is 0 Å². The van der Waals surface area contributed by atoms with E-state index in [4.69, 9.17) is 14.8 Å². The number of nitrogen functional groups attached to an aromatic ring is 1. The molecule has 0 radical (unpaired) electrons. The zero-order chi connectivity index (χ0) is 21.0. The fraction of sp³-hybridized carbons (Fsp3) is 0.200. The number of nitrogens with zero attached hydrogens (tertiary/aromatic N) is 1. The molecular weight excluding hydrogens is 394 g/mol. The summed E-state index contributed by atoms with van der Waals surface area (Å²) in [6, 6.07) is 15.2. The van der Waals surface area contributed by atoms with Crippen LogP contribution in [0.5, 0.6) is 0 Å². The highest BCUT2D eigenvalue weighted by molar-refractivity contribution is 7.85. The number of rotatable bonds is 7. The molecule has 0 aliphatic carbocycles. The summed E-state index contributed by atoms with van der Waals surface area (Å²) in [4.78, 5) is 11.8. The number of carbonyl (C=O) groups excluding carboxylic acids is 1. The standard InChI is InChI=1S/C20H21N3O5S/c1-13-19(21)20(28-23-13)17-8-6-16(7-9-17)15-4-2-14(3-5-15)12-18(24)22-10-11-29(25,26)27/h2-9H,10-12,21H2,1H3,(H,22,24)(H,25,26,27). The van der Waals surface area contributed by atoms with Gasteiger partial charge in [-0.15, -0.1) is 0 Å². The van der Waals surface area contributed by atoms with Gasteiger partial charge in [-0.1, -0.05) is 53.7 Å². The van der Waals surface area contributed by atoms with Crippen LogP contribution in [0.15, 0.2) is 53.1 Å². The molecule has 0 unspecified atom stereocenters. The van der Waals surface area contributed by atoms with Crippen LogP contribution in [-0.2, 0) is 21.3 Å². The average molecular weight is 415 g/mol. The van der Waals surface area contributed by atoms with Crippen molar-refractivity contribution in [2.24, 2.45) is 0 Å². The van der Waals surface area contributed by atoms with E-state index in [1.165, 1.54) is 0 Å². The first kappa shape index (κ1) is 20.6. The minimum absolute atomic E-state index is 0.120. The summed E-state index contributed by atoms with van der Waals surface area (Å²) in [6.07, 6.45) is 0.120. The first-order chi connectivity index (χ1) is 13.7. The second kappa shape index (κ2) is 8.46. The molecule has 29 heavy (non-hydrogen) atoms. The minimum Gasteiger partial charge on any atom is -0.394 e. The Balaban J connectivity index is 1.62. The highest BCUT2D eigenvalue weighted by Gasteiger charge is 2.12. The average Bonchev–Trinajstić information content (AvgIpc) is 3.00. The maximum absolute atomic E-state index is 11.8. The van der Waals surface area contributed by atoms with Crippen LogP contribution in [0.1, 0.15) is 11.3 Å². The molecule has 0 bridgehead atoms. The van der Waals surface area contributed by atoms with Crippen LogP contribution in [0, 0.1) is 6.92 Å². The lowest BCUT2D eigenvalue weighted by atomic mass is 10.0. The molecule has 9 heteroatoms. The second-order valence-electron chi connectivity index (χ2n) is 6.60. The van der Waals surface area contributed by atoms with Crippen molar-refractivity contribution in [1.29, 1.82) is 0 Å². The molecule has 3 rings (SSSR count). The van der Waals surface area contributed by atoms with Gasteiger partial charge in [0.05, 0.1) is 12.2 Å². The summed E-state index contributed by atoms with van der Waals surface area (Å²) < 4.78 is 35.2.